The average molecular weight is 325 g/mol. The van der Waals surface area contributed by atoms with Gasteiger partial charge in [-0.2, -0.15) is 0 Å². The van der Waals surface area contributed by atoms with Crippen LogP contribution in [0.1, 0.15) is 11.1 Å². The number of amides is 1. The fourth-order valence-corrected chi connectivity index (χ4v) is 2.97. The minimum absolute atomic E-state index is 0.0457. The minimum atomic E-state index is -0.0457. The molecule has 0 radical (unpaired) electrons. The van der Waals surface area contributed by atoms with Crippen LogP contribution in [0.4, 0.5) is 11.4 Å². The van der Waals surface area contributed by atoms with Gasteiger partial charge in [0.25, 0.3) is 0 Å². The van der Waals surface area contributed by atoms with Crippen molar-refractivity contribution in [2.75, 3.05) is 37.0 Å². The van der Waals surface area contributed by atoms with Crippen LogP contribution in [0.2, 0.25) is 0 Å². The third kappa shape index (κ3) is 3.68. The maximum absolute atomic E-state index is 12.6. The van der Waals surface area contributed by atoms with Crippen LogP contribution < -0.4 is 20.3 Å². The van der Waals surface area contributed by atoms with Gasteiger partial charge in [-0.25, -0.2) is 0 Å². The van der Waals surface area contributed by atoms with Gasteiger partial charge in [0.15, 0.2) is 0 Å². The van der Waals surface area contributed by atoms with E-state index in [0.29, 0.717) is 18.0 Å². The zero-order valence-electron chi connectivity index (χ0n) is 14.1. The molecule has 3 rings (SSSR count). The number of carbonyl (C=O) groups excluding carboxylic acids is 1. The molecule has 0 saturated carbocycles. The molecule has 0 aliphatic carbocycles. The van der Waals surface area contributed by atoms with Crippen molar-refractivity contribution in [2.24, 2.45) is 0 Å². The molecule has 1 aliphatic rings. The van der Waals surface area contributed by atoms with Crippen LogP contribution in [0, 0.1) is 6.92 Å². The number of aryl methyl sites for hydroxylation is 1. The second kappa shape index (κ2) is 7.36. The van der Waals surface area contributed by atoms with E-state index in [0.717, 1.165) is 30.9 Å². The van der Waals surface area contributed by atoms with E-state index in [4.69, 9.17) is 4.74 Å². The smallest absolute Gasteiger partial charge is 0.243 e. The number of nitrogens with zero attached hydrogens (tertiary/aromatic N) is 1. The summed E-state index contributed by atoms with van der Waals surface area (Å²) in [5.74, 6) is 0.627. The van der Waals surface area contributed by atoms with Crippen molar-refractivity contribution in [1.82, 2.24) is 5.32 Å². The van der Waals surface area contributed by atoms with Gasteiger partial charge in [0.1, 0.15) is 5.75 Å². The molecule has 0 atom stereocenters. The number of para-hydroxylation sites is 1. The van der Waals surface area contributed by atoms with Gasteiger partial charge in [-0.05, 0) is 36.2 Å². The lowest BCUT2D eigenvalue weighted by Crippen LogP contribution is -2.36. The zero-order chi connectivity index (χ0) is 16.9. The van der Waals surface area contributed by atoms with Crippen LogP contribution in [-0.4, -0.2) is 32.7 Å². The van der Waals surface area contributed by atoms with Crippen molar-refractivity contribution in [2.45, 2.75) is 13.5 Å². The molecule has 0 fully saturated rings. The minimum Gasteiger partial charge on any atom is -0.495 e. The van der Waals surface area contributed by atoms with Crippen LogP contribution in [0.3, 0.4) is 0 Å². The molecule has 2 N–H and O–H groups in total. The van der Waals surface area contributed by atoms with Gasteiger partial charge >= 0.3 is 0 Å². The first-order chi connectivity index (χ1) is 11.7. The van der Waals surface area contributed by atoms with E-state index in [1.807, 2.05) is 37.3 Å². The zero-order valence-corrected chi connectivity index (χ0v) is 14.1. The molecule has 1 amide bonds. The van der Waals surface area contributed by atoms with Crippen LogP contribution in [0.5, 0.6) is 5.75 Å². The number of fused-ring (bicyclic) bond motifs is 1. The molecule has 0 aromatic heterocycles. The molecule has 0 saturated heterocycles. The summed E-state index contributed by atoms with van der Waals surface area (Å²) in [5.41, 5.74) is 4.13. The second-order valence-corrected chi connectivity index (χ2v) is 5.98. The highest BCUT2D eigenvalue weighted by Crippen LogP contribution is 2.26. The van der Waals surface area contributed by atoms with Crippen molar-refractivity contribution < 1.29 is 9.53 Å². The van der Waals surface area contributed by atoms with E-state index >= 15 is 0 Å². The molecule has 2 aromatic rings. The maximum atomic E-state index is 12.6. The van der Waals surface area contributed by atoms with Gasteiger partial charge in [0.2, 0.25) is 5.91 Å². The monoisotopic (exact) mass is 325 g/mol. The Balaban J connectivity index is 1.75. The second-order valence-electron chi connectivity index (χ2n) is 5.98. The molecule has 5 nitrogen and oxygen atoms in total. The SMILES string of the molecule is COc1ccc(C)cc1NC(=O)CN1CCNCc2ccccc21. The van der Waals surface area contributed by atoms with Crippen LogP contribution >= 0.6 is 0 Å². The van der Waals surface area contributed by atoms with Crippen molar-refractivity contribution in [3.05, 3.63) is 53.6 Å². The Labute approximate surface area is 142 Å². The Morgan fingerprint density at radius 1 is 1.29 bits per heavy atom. The third-order valence-corrected chi connectivity index (χ3v) is 4.17. The summed E-state index contributed by atoms with van der Waals surface area (Å²) in [6.45, 7) is 4.80. The molecule has 126 valence electrons. The van der Waals surface area contributed by atoms with E-state index in [1.54, 1.807) is 7.11 Å². The van der Waals surface area contributed by atoms with Crippen molar-refractivity contribution in [3.8, 4) is 5.75 Å². The molecule has 5 heteroatoms. The van der Waals surface area contributed by atoms with Gasteiger partial charge in [-0.1, -0.05) is 24.3 Å². The first-order valence-corrected chi connectivity index (χ1v) is 8.15. The topological polar surface area (TPSA) is 53.6 Å². The molecule has 24 heavy (non-hydrogen) atoms. The van der Waals surface area contributed by atoms with Gasteiger partial charge in [-0.3, -0.25) is 4.79 Å². The average Bonchev–Trinajstić information content (AvgIpc) is 2.78. The van der Waals surface area contributed by atoms with Crippen molar-refractivity contribution in [1.29, 1.82) is 0 Å². The summed E-state index contributed by atoms with van der Waals surface area (Å²) in [7, 11) is 1.61. The highest BCUT2D eigenvalue weighted by molar-refractivity contribution is 5.95. The summed E-state index contributed by atoms with van der Waals surface area (Å²) < 4.78 is 5.33. The molecule has 1 heterocycles. The maximum Gasteiger partial charge on any atom is 0.243 e. The Kier molecular flexibility index (Phi) is 5.01. The highest BCUT2D eigenvalue weighted by Gasteiger charge is 2.18. The number of ether oxygens (including phenoxy) is 1. The summed E-state index contributed by atoms with van der Waals surface area (Å²) >= 11 is 0. The number of anilines is 2. The third-order valence-electron chi connectivity index (χ3n) is 4.17. The summed E-state index contributed by atoms with van der Waals surface area (Å²) in [6, 6.07) is 14.0. The fourth-order valence-electron chi connectivity index (χ4n) is 2.97. The molecule has 0 unspecified atom stereocenters. The van der Waals surface area contributed by atoms with E-state index in [1.165, 1.54) is 5.56 Å². The number of carbonyl (C=O) groups is 1. The fraction of sp³-hybridized carbons (Fsp3) is 0.316. The molecular weight excluding hydrogens is 302 g/mol. The lowest BCUT2D eigenvalue weighted by Gasteiger charge is -2.24. The number of benzene rings is 2. The number of rotatable bonds is 4. The lowest BCUT2D eigenvalue weighted by atomic mass is 10.1. The Morgan fingerprint density at radius 2 is 2.12 bits per heavy atom. The normalized spacial score (nSPS) is 13.8. The summed E-state index contributed by atoms with van der Waals surface area (Å²) in [6.07, 6.45) is 0. The van der Waals surface area contributed by atoms with Crippen LogP contribution in [0.15, 0.2) is 42.5 Å². The molecule has 2 aromatic carbocycles. The van der Waals surface area contributed by atoms with Gasteiger partial charge < -0.3 is 20.3 Å². The number of hydrogen-bond donors (Lipinski definition) is 2. The molecule has 1 aliphatic heterocycles. The first kappa shape index (κ1) is 16.3. The summed E-state index contributed by atoms with van der Waals surface area (Å²) in [5, 5.41) is 6.36. The molecular formula is C19H23N3O2. The Morgan fingerprint density at radius 3 is 2.96 bits per heavy atom. The number of methoxy groups -OCH3 is 1. The molecule has 0 spiro atoms. The predicted molar refractivity (Wildman–Crippen MR) is 96.7 cm³/mol. The molecule has 0 bridgehead atoms. The Hall–Kier alpha value is -2.53. The van der Waals surface area contributed by atoms with E-state index in [-0.39, 0.29) is 5.91 Å². The predicted octanol–water partition coefficient (Wildman–Crippen LogP) is 2.55. The van der Waals surface area contributed by atoms with Crippen molar-refractivity contribution in [3.63, 3.8) is 0 Å². The largest absolute Gasteiger partial charge is 0.495 e. The van der Waals surface area contributed by atoms with Gasteiger partial charge in [0.05, 0.1) is 19.3 Å². The number of nitrogens with one attached hydrogen (secondary N) is 2. The quantitative estimate of drug-likeness (QED) is 0.907. The van der Waals surface area contributed by atoms with Gasteiger partial charge in [-0.15, -0.1) is 0 Å². The summed E-state index contributed by atoms with van der Waals surface area (Å²) in [4.78, 5) is 14.7. The van der Waals surface area contributed by atoms with E-state index < -0.39 is 0 Å². The van der Waals surface area contributed by atoms with E-state index in [9.17, 15) is 4.79 Å². The first-order valence-electron chi connectivity index (χ1n) is 8.15. The number of hydrogen-bond acceptors (Lipinski definition) is 4. The van der Waals surface area contributed by atoms with Gasteiger partial charge in [0, 0.05) is 25.3 Å². The standard InChI is InChI=1S/C19H23N3O2/c1-14-7-8-18(24-2)16(11-14)21-19(23)13-22-10-9-20-12-15-5-3-4-6-17(15)22/h3-8,11,20H,9-10,12-13H2,1-2H3,(H,21,23). The van der Waals surface area contributed by atoms with Crippen molar-refractivity contribution >= 4 is 17.3 Å². The van der Waals surface area contributed by atoms with Crippen LogP contribution in [0.25, 0.3) is 0 Å². The Bertz CT molecular complexity index is 730. The lowest BCUT2D eigenvalue weighted by molar-refractivity contribution is -0.115. The van der Waals surface area contributed by atoms with Crippen LogP contribution in [-0.2, 0) is 11.3 Å². The highest BCUT2D eigenvalue weighted by atomic mass is 16.5. The van der Waals surface area contributed by atoms with E-state index in [2.05, 4.69) is 27.7 Å².